The molecule has 5 heteroatoms. The second-order valence-electron chi connectivity index (χ2n) is 11.7. The first-order valence-electron chi connectivity index (χ1n) is 12.9. The van der Waals surface area contributed by atoms with Gasteiger partial charge in [-0.25, -0.2) is 0 Å². The molecule has 4 bridgehead atoms. The van der Waals surface area contributed by atoms with Gasteiger partial charge >= 0.3 is 0 Å². The summed E-state index contributed by atoms with van der Waals surface area (Å²) in [6.07, 6.45) is 10.4. The normalized spacial score (nSPS) is 36.9. The third kappa shape index (κ3) is 3.57. The molecular formula is C27H37N3O2. The molecule has 1 aliphatic heterocycles. The van der Waals surface area contributed by atoms with Crippen LogP contribution in [0.1, 0.15) is 74.8 Å². The third-order valence-corrected chi connectivity index (χ3v) is 9.79. The second-order valence-corrected chi connectivity index (χ2v) is 11.7. The fourth-order valence-corrected chi connectivity index (χ4v) is 8.66. The minimum atomic E-state index is -0.208. The number of hydrogen-bond donors (Lipinski definition) is 2. The predicted octanol–water partition coefficient (Wildman–Crippen LogP) is 3.32. The number of benzene rings is 1. The Hall–Kier alpha value is -1.88. The molecule has 2 amide bonds. The van der Waals surface area contributed by atoms with Crippen LogP contribution in [-0.2, 0) is 15.0 Å². The van der Waals surface area contributed by atoms with Crippen molar-refractivity contribution in [2.75, 3.05) is 19.6 Å². The molecule has 1 spiro atoms. The number of carbonyl (C=O) groups is 2. The number of likely N-dealkylation sites (tertiary alicyclic amines) is 1. The molecule has 172 valence electrons. The molecule has 1 saturated heterocycles. The summed E-state index contributed by atoms with van der Waals surface area (Å²) in [5.41, 5.74) is 8.44. The number of rotatable bonds is 5. The lowest BCUT2D eigenvalue weighted by Gasteiger charge is -2.54. The number of amides is 2. The fraction of sp³-hybridized carbons (Fsp3) is 0.704. The quantitative estimate of drug-likeness (QED) is 0.745. The highest BCUT2D eigenvalue weighted by Gasteiger charge is 2.49. The van der Waals surface area contributed by atoms with Crippen molar-refractivity contribution in [1.82, 2.24) is 10.2 Å². The molecule has 1 heterocycles. The Morgan fingerprint density at radius 1 is 1.00 bits per heavy atom. The first kappa shape index (κ1) is 20.7. The van der Waals surface area contributed by atoms with Crippen molar-refractivity contribution in [3.05, 3.63) is 35.4 Å². The summed E-state index contributed by atoms with van der Waals surface area (Å²) < 4.78 is 0. The summed E-state index contributed by atoms with van der Waals surface area (Å²) in [4.78, 5) is 27.0. The lowest BCUT2D eigenvalue weighted by molar-refractivity contribution is -0.126. The second kappa shape index (κ2) is 7.86. The molecule has 1 aromatic rings. The van der Waals surface area contributed by atoms with Crippen LogP contribution < -0.4 is 11.1 Å². The Balaban J connectivity index is 1.07. The van der Waals surface area contributed by atoms with Gasteiger partial charge in [0.15, 0.2) is 0 Å². The van der Waals surface area contributed by atoms with Crippen LogP contribution in [0.4, 0.5) is 0 Å². The number of carbonyl (C=O) groups excluding carboxylic acids is 2. The third-order valence-electron chi connectivity index (χ3n) is 9.79. The molecule has 5 nitrogen and oxygen atoms in total. The van der Waals surface area contributed by atoms with Crippen molar-refractivity contribution >= 4 is 11.8 Å². The number of hydrogen-bond acceptors (Lipinski definition) is 3. The molecule has 1 atom stereocenters. The van der Waals surface area contributed by atoms with E-state index in [0.717, 1.165) is 56.0 Å². The van der Waals surface area contributed by atoms with Crippen molar-refractivity contribution < 1.29 is 9.59 Å². The van der Waals surface area contributed by atoms with E-state index in [9.17, 15) is 9.59 Å². The zero-order valence-corrected chi connectivity index (χ0v) is 19.1. The van der Waals surface area contributed by atoms with Gasteiger partial charge in [-0.2, -0.15) is 0 Å². The van der Waals surface area contributed by atoms with E-state index in [-0.39, 0.29) is 23.1 Å². The summed E-state index contributed by atoms with van der Waals surface area (Å²) in [6.45, 7) is 2.44. The van der Waals surface area contributed by atoms with E-state index in [4.69, 9.17) is 5.73 Å². The van der Waals surface area contributed by atoms with Gasteiger partial charge in [-0.15, -0.1) is 0 Å². The molecule has 0 radical (unpaired) electrons. The van der Waals surface area contributed by atoms with E-state index < -0.39 is 0 Å². The van der Waals surface area contributed by atoms with E-state index in [1.165, 1.54) is 43.2 Å². The minimum Gasteiger partial charge on any atom is -0.370 e. The van der Waals surface area contributed by atoms with Gasteiger partial charge < -0.3 is 11.1 Å². The van der Waals surface area contributed by atoms with Gasteiger partial charge in [0.2, 0.25) is 11.8 Å². The standard InChI is InChI=1S/C27H37N3O2/c28-24(31)14-21-15-27(23-4-2-1-3-22(21)23)5-7-30(8-6-27)16-25(32)29-26-19-10-17-9-18(12-19)13-20(26)11-17/h1-4,17-21,26H,5-16H2,(H2,28,31)(H,29,32). The van der Waals surface area contributed by atoms with Crippen molar-refractivity contribution in [1.29, 1.82) is 0 Å². The van der Waals surface area contributed by atoms with Gasteiger partial charge in [-0.05, 0) is 111 Å². The summed E-state index contributed by atoms with van der Waals surface area (Å²) in [7, 11) is 0. The average Bonchev–Trinajstić information content (AvgIpc) is 3.05. The summed E-state index contributed by atoms with van der Waals surface area (Å²) in [5.74, 6) is 3.62. The highest BCUT2D eigenvalue weighted by molar-refractivity contribution is 5.78. The van der Waals surface area contributed by atoms with Crippen molar-refractivity contribution in [2.24, 2.45) is 29.4 Å². The van der Waals surface area contributed by atoms with Gasteiger partial charge in [0.25, 0.3) is 0 Å². The highest BCUT2D eigenvalue weighted by Crippen LogP contribution is 2.54. The smallest absolute Gasteiger partial charge is 0.234 e. The molecule has 7 rings (SSSR count). The number of nitrogens with one attached hydrogen (secondary N) is 1. The Labute approximate surface area is 191 Å². The van der Waals surface area contributed by atoms with Crippen LogP contribution in [-0.4, -0.2) is 42.4 Å². The molecule has 4 saturated carbocycles. The van der Waals surface area contributed by atoms with Crippen molar-refractivity contribution in [2.45, 2.75) is 75.2 Å². The molecule has 0 aromatic heterocycles. The molecule has 5 aliphatic carbocycles. The Morgan fingerprint density at radius 3 is 2.31 bits per heavy atom. The van der Waals surface area contributed by atoms with Gasteiger partial charge in [-0.1, -0.05) is 24.3 Å². The van der Waals surface area contributed by atoms with Crippen LogP contribution in [0.5, 0.6) is 0 Å². The lowest BCUT2D eigenvalue weighted by atomic mass is 9.54. The lowest BCUT2D eigenvalue weighted by Crippen LogP contribution is -2.57. The summed E-state index contributed by atoms with van der Waals surface area (Å²) in [5, 5.41) is 3.48. The first-order valence-corrected chi connectivity index (χ1v) is 12.9. The summed E-state index contributed by atoms with van der Waals surface area (Å²) >= 11 is 0. The largest absolute Gasteiger partial charge is 0.370 e. The van der Waals surface area contributed by atoms with Gasteiger partial charge in [0, 0.05) is 12.5 Å². The minimum absolute atomic E-state index is 0.144. The molecule has 6 aliphatic rings. The van der Waals surface area contributed by atoms with Crippen molar-refractivity contribution in [3.8, 4) is 0 Å². The number of fused-ring (bicyclic) bond motifs is 2. The maximum absolute atomic E-state index is 13.0. The Morgan fingerprint density at radius 2 is 1.66 bits per heavy atom. The van der Waals surface area contributed by atoms with Crippen LogP contribution in [0.25, 0.3) is 0 Å². The molecule has 3 N–H and O–H groups in total. The highest BCUT2D eigenvalue weighted by atomic mass is 16.2. The molecular weight excluding hydrogens is 398 g/mol. The van der Waals surface area contributed by atoms with Crippen LogP contribution in [0.2, 0.25) is 0 Å². The van der Waals surface area contributed by atoms with E-state index >= 15 is 0 Å². The van der Waals surface area contributed by atoms with Gasteiger partial charge in [0.1, 0.15) is 0 Å². The maximum atomic E-state index is 13.0. The molecule has 1 aromatic carbocycles. The monoisotopic (exact) mass is 435 g/mol. The number of piperidine rings is 1. The van der Waals surface area contributed by atoms with Crippen LogP contribution in [0, 0.1) is 23.7 Å². The van der Waals surface area contributed by atoms with E-state index in [2.05, 4.69) is 34.5 Å². The average molecular weight is 436 g/mol. The van der Waals surface area contributed by atoms with Crippen LogP contribution in [0.15, 0.2) is 24.3 Å². The van der Waals surface area contributed by atoms with E-state index in [1.54, 1.807) is 0 Å². The van der Waals surface area contributed by atoms with Crippen molar-refractivity contribution in [3.63, 3.8) is 0 Å². The topological polar surface area (TPSA) is 75.4 Å². The Kier molecular flexibility index (Phi) is 5.09. The van der Waals surface area contributed by atoms with Gasteiger partial charge in [-0.3, -0.25) is 14.5 Å². The predicted molar refractivity (Wildman–Crippen MR) is 124 cm³/mol. The van der Waals surface area contributed by atoms with Gasteiger partial charge in [0.05, 0.1) is 6.54 Å². The zero-order chi connectivity index (χ0) is 21.9. The zero-order valence-electron chi connectivity index (χ0n) is 19.1. The molecule has 32 heavy (non-hydrogen) atoms. The summed E-state index contributed by atoms with van der Waals surface area (Å²) in [6, 6.07) is 9.07. The van der Waals surface area contributed by atoms with Crippen LogP contribution >= 0.6 is 0 Å². The van der Waals surface area contributed by atoms with E-state index in [0.29, 0.717) is 19.0 Å². The molecule has 1 unspecified atom stereocenters. The number of nitrogens with zero attached hydrogens (tertiary/aromatic N) is 1. The fourth-order valence-electron chi connectivity index (χ4n) is 8.66. The Bertz CT molecular complexity index is 876. The first-order chi connectivity index (χ1) is 15.5. The number of nitrogens with two attached hydrogens (primary N) is 1. The number of primary amides is 1. The SMILES string of the molecule is NC(=O)CC1CC2(CCN(CC(=O)NC3C4CC5CC(C4)CC3C5)CC2)c2ccccc21. The van der Waals surface area contributed by atoms with Crippen LogP contribution in [0.3, 0.4) is 0 Å². The molecule has 5 fully saturated rings. The maximum Gasteiger partial charge on any atom is 0.234 e. The van der Waals surface area contributed by atoms with E-state index in [1.807, 2.05) is 0 Å².